The number of amides is 1. The normalized spacial score (nSPS) is 15.8. The first-order valence-corrected chi connectivity index (χ1v) is 8.76. The van der Waals surface area contributed by atoms with Gasteiger partial charge in [-0.2, -0.15) is 65.9 Å². The first kappa shape index (κ1) is 30.5. The van der Waals surface area contributed by atoms with Crippen LogP contribution < -0.4 is 5.32 Å². The third-order valence-electron chi connectivity index (χ3n) is 4.54. The molecule has 2 N–H and O–H groups in total. The zero-order valence-corrected chi connectivity index (χ0v) is 16.6. The van der Waals surface area contributed by atoms with Crippen molar-refractivity contribution in [2.75, 3.05) is 6.54 Å². The number of aromatic amines is 1. The van der Waals surface area contributed by atoms with Crippen molar-refractivity contribution in [2.24, 2.45) is 0 Å². The number of carbonyl (C=O) groups is 1. The van der Waals surface area contributed by atoms with Gasteiger partial charge in [0.05, 0.1) is 0 Å². The maximum Gasteiger partial charge on any atom is 0.460 e. The van der Waals surface area contributed by atoms with Crippen LogP contribution in [0, 0.1) is 0 Å². The minimum atomic E-state index is -8.44. The van der Waals surface area contributed by atoms with Crippen LogP contribution in [0.15, 0.2) is 0 Å². The molecule has 1 rings (SSSR count). The zero-order valence-electron chi connectivity index (χ0n) is 16.6. The Bertz CT molecular complexity index is 868. The molecule has 0 aromatic carbocycles. The van der Waals surface area contributed by atoms with E-state index in [0.29, 0.717) is 0 Å². The Hall–Kier alpha value is -2.51. The van der Waals surface area contributed by atoms with Gasteiger partial charge in [0, 0.05) is 12.5 Å². The van der Waals surface area contributed by atoms with Crippen molar-refractivity contribution in [2.45, 2.75) is 67.4 Å². The summed E-state index contributed by atoms with van der Waals surface area (Å²) < 4.78 is 196. The van der Waals surface area contributed by atoms with Crippen LogP contribution in [0.3, 0.4) is 0 Å². The van der Waals surface area contributed by atoms with Gasteiger partial charge in [-0.1, -0.05) is 6.92 Å². The van der Waals surface area contributed by atoms with Crippen LogP contribution in [-0.4, -0.2) is 74.8 Å². The molecule has 0 aliphatic rings. The number of carbonyl (C=O) groups excluding carboxylic acids is 1. The molecule has 1 unspecified atom stereocenters. The van der Waals surface area contributed by atoms with Gasteiger partial charge in [0.25, 0.3) is 5.91 Å². The molecule has 1 amide bonds. The van der Waals surface area contributed by atoms with E-state index in [9.17, 15) is 70.7 Å². The molecule has 6 nitrogen and oxygen atoms in total. The number of aromatic nitrogens is 4. The number of hydrogen-bond donors (Lipinski definition) is 2. The lowest BCUT2D eigenvalue weighted by Gasteiger charge is -2.41. The summed E-state index contributed by atoms with van der Waals surface area (Å²) in [5.74, 6) is -51.9. The number of halogens is 15. The summed E-state index contributed by atoms with van der Waals surface area (Å²) in [6.45, 7) is 0.424. The van der Waals surface area contributed by atoms with Crippen LogP contribution in [0.5, 0.6) is 0 Å². The Balaban J connectivity index is 3.10. The number of rotatable bonds is 11. The fraction of sp³-hybridized carbons (Fsp3) is 0.857. The molecule has 35 heavy (non-hydrogen) atoms. The Morgan fingerprint density at radius 2 is 1.26 bits per heavy atom. The second-order valence-corrected chi connectivity index (χ2v) is 7.03. The first-order valence-electron chi connectivity index (χ1n) is 8.76. The van der Waals surface area contributed by atoms with Crippen molar-refractivity contribution in [1.82, 2.24) is 25.9 Å². The van der Waals surface area contributed by atoms with Gasteiger partial charge in [-0.15, -0.1) is 5.10 Å². The van der Waals surface area contributed by atoms with E-state index in [1.54, 1.807) is 0 Å². The van der Waals surface area contributed by atoms with Crippen molar-refractivity contribution in [3.8, 4) is 0 Å². The van der Waals surface area contributed by atoms with Crippen LogP contribution in [0.25, 0.3) is 0 Å². The molecule has 0 radical (unpaired) electrons. The average Bonchev–Trinajstić information content (AvgIpc) is 3.24. The fourth-order valence-electron chi connectivity index (χ4n) is 2.34. The number of alkyl halides is 15. The summed E-state index contributed by atoms with van der Waals surface area (Å²) >= 11 is 0. The second kappa shape index (κ2) is 9.17. The molecule has 1 aromatic rings. The average molecular weight is 551 g/mol. The van der Waals surface area contributed by atoms with Gasteiger partial charge in [-0.05, 0) is 23.3 Å². The summed E-state index contributed by atoms with van der Waals surface area (Å²) in [5, 5.41) is 13.0. The van der Waals surface area contributed by atoms with E-state index in [-0.39, 0.29) is 18.7 Å². The van der Waals surface area contributed by atoms with Gasteiger partial charge in [-0.3, -0.25) is 4.79 Å². The summed E-state index contributed by atoms with van der Waals surface area (Å²) in [6, 6.07) is 0. The molecular formula is C14H12F15N5O. The highest BCUT2D eigenvalue weighted by Crippen LogP contribution is 2.62. The highest BCUT2D eigenvalue weighted by molar-refractivity contribution is 5.84. The number of H-pyrrole nitrogens is 1. The minimum Gasteiger partial charge on any atom is -0.351 e. The van der Waals surface area contributed by atoms with Crippen molar-refractivity contribution < 1.29 is 70.7 Å². The van der Waals surface area contributed by atoms with E-state index in [2.05, 4.69) is 20.6 Å². The second-order valence-electron chi connectivity index (χ2n) is 7.03. The molecule has 0 fully saturated rings. The third-order valence-corrected chi connectivity index (χ3v) is 4.54. The predicted octanol–water partition coefficient (Wildman–Crippen LogP) is 4.57. The van der Waals surface area contributed by atoms with Crippen molar-refractivity contribution in [3.05, 3.63) is 5.82 Å². The van der Waals surface area contributed by atoms with E-state index in [4.69, 9.17) is 0 Å². The van der Waals surface area contributed by atoms with Crippen LogP contribution in [0.2, 0.25) is 0 Å². The maximum absolute atomic E-state index is 13.7. The monoisotopic (exact) mass is 551 g/mol. The lowest BCUT2D eigenvalue weighted by Crippen LogP contribution is -2.74. The molecule has 21 heteroatoms. The van der Waals surface area contributed by atoms with Crippen molar-refractivity contribution >= 4 is 5.91 Å². The summed E-state index contributed by atoms with van der Waals surface area (Å²) in [6.07, 6.45) is -8.14. The highest BCUT2D eigenvalue weighted by atomic mass is 19.4. The van der Waals surface area contributed by atoms with Gasteiger partial charge < -0.3 is 5.32 Å². The van der Waals surface area contributed by atoms with Crippen molar-refractivity contribution in [1.29, 1.82) is 0 Å². The topological polar surface area (TPSA) is 83.6 Å². The largest absolute Gasteiger partial charge is 0.460 e. The van der Waals surface area contributed by atoms with Crippen LogP contribution in [0.4, 0.5) is 65.9 Å². The van der Waals surface area contributed by atoms with Gasteiger partial charge in [0.2, 0.25) is 0 Å². The molecule has 204 valence electrons. The standard InChI is InChI=1S/C14H12F15N5O/c1-5(6-31-33-34-32-6)3-2-4-30-7(35)8(15,16)9(17,18)10(19,20)11(21,22)12(23,24)13(25,26)14(27,28)29/h5H,2-4H2,1H3,(H,30,35)(H,31,32,33,34). The quantitative estimate of drug-likeness (QED) is 0.312. The van der Waals surface area contributed by atoms with Gasteiger partial charge in [-0.25, -0.2) is 5.10 Å². The predicted molar refractivity (Wildman–Crippen MR) is 80.6 cm³/mol. The first-order chi connectivity index (χ1) is 15.4. The lowest BCUT2D eigenvalue weighted by molar-refractivity contribution is -0.449. The molecule has 1 atom stereocenters. The SMILES string of the molecule is CC(CCCNC(=O)C(F)(F)C(F)(F)C(F)(F)C(F)(F)C(F)(F)C(F)(F)C(F)(F)F)c1nnn[nH]1. The van der Waals surface area contributed by atoms with Gasteiger partial charge in [0.15, 0.2) is 5.82 Å². The number of nitrogens with zero attached hydrogens (tertiary/aromatic N) is 3. The molecule has 0 saturated heterocycles. The molecule has 0 saturated carbocycles. The Morgan fingerprint density at radius 1 is 0.800 bits per heavy atom. The van der Waals surface area contributed by atoms with Crippen LogP contribution in [0.1, 0.15) is 31.5 Å². The molecule has 1 aromatic heterocycles. The number of nitrogens with one attached hydrogen (secondary N) is 2. The van der Waals surface area contributed by atoms with E-state index in [0.717, 1.165) is 5.32 Å². The van der Waals surface area contributed by atoms with Gasteiger partial charge in [0.1, 0.15) is 0 Å². The number of hydrogen-bond acceptors (Lipinski definition) is 4. The Morgan fingerprint density at radius 3 is 1.69 bits per heavy atom. The fourth-order valence-corrected chi connectivity index (χ4v) is 2.34. The smallest absolute Gasteiger partial charge is 0.351 e. The third kappa shape index (κ3) is 4.81. The number of tetrazole rings is 1. The summed E-state index contributed by atoms with van der Waals surface area (Å²) in [4.78, 5) is 11.3. The molecule has 0 spiro atoms. The van der Waals surface area contributed by atoms with E-state index < -0.39 is 60.1 Å². The molecule has 0 aliphatic heterocycles. The van der Waals surface area contributed by atoms with E-state index in [1.807, 2.05) is 0 Å². The minimum absolute atomic E-state index is 0.0773. The van der Waals surface area contributed by atoms with Crippen LogP contribution >= 0.6 is 0 Å². The summed E-state index contributed by atoms with van der Waals surface area (Å²) in [5.41, 5.74) is 0. The maximum atomic E-state index is 13.7. The Labute approximate surface area is 183 Å². The highest BCUT2D eigenvalue weighted by Gasteiger charge is 2.94. The zero-order chi connectivity index (χ0) is 27.9. The molecule has 0 aliphatic carbocycles. The molecule has 0 bridgehead atoms. The van der Waals surface area contributed by atoms with E-state index >= 15 is 0 Å². The van der Waals surface area contributed by atoms with Gasteiger partial charge >= 0.3 is 41.7 Å². The van der Waals surface area contributed by atoms with E-state index in [1.165, 1.54) is 6.92 Å². The summed E-state index contributed by atoms with van der Waals surface area (Å²) in [7, 11) is 0. The van der Waals surface area contributed by atoms with Crippen molar-refractivity contribution in [3.63, 3.8) is 0 Å². The lowest BCUT2D eigenvalue weighted by atomic mass is 9.91. The van der Waals surface area contributed by atoms with Crippen LogP contribution in [-0.2, 0) is 4.79 Å². The molecule has 1 heterocycles. The molecular weight excluding hydrogens is 539 g/mol. The Kier molecular flexibility index (Phi) is 8.00.